The predicted octanol–water partition coefficient (Wildman–Crippen LogP) is -0.00550. The number of anilines is 1. The zero-order valence-electron chi connectivity index (χ0n) is 14.2. The van der Waals surface area contributed by atoms with E-state index in [0.717, 1.165) is 10.4 Å². The number of nitrogens with zero attached hydrogens (tertiary/aromatic N) is 4. The third kappa shape index (κ3) is 3.00. The summed E-state index contributed by atoms with van der Waals surface area (Å²) in [6.07, 6.45) is 0. The summed E-state index contributed by atoms with van der Waals surface area (Å²) < 4.78 is 6.17. The molecular weight excluding hydrogens is 326 g/mol. The first-order chi connectivity index (χ1) is 11.9. The van der Waals surface area contributed by atoms with Crippen LogP contribution in [-0.2, 0) is 11.8 Å². The first-order valence-electron chi connectivity index (χ1n) is 7.82. The number of aryl methyl sites for hydroxylation is 1. The summed E-state index contributed by atoms with van der Waals surface area (Å²) in [6.45, 7) is 2.37. The molecule has 9 nitrogen and oxygen atoms in total. The number of nitrogens with one attached hydrogen (secondary N) is 1. The van der Waals surface area contributed by atoms with Gasteiger partial charge in [-0.3, -0.25) is 14.6 Å². The highest BCUT2D eigenvalue weighted by Crippen LogP contribution is 2.23. The zero-order valence-corrected chi connectivity index (χ0v) is 14.2. The predicted molar refractivity (Wildman–Crippen MR) is 89.7 cm³/mol. The Bertz CT molecular complexity index is 854. The summed E-state index contributed by atoms with van der Waals surface area (Å²) >= 11 is 0. The molecule has 2 heterocycles. The van der Waals surface area contributed by atoms with Crippen LogP contribution in [0.1, 0.15) is 17.5 Å². The molecule has 0 aliphatic carbocycles. The Hall–Kier alpha value is -3.10. The number of aromatic amines is 1. The Balaban J connectivity index is 1.78. The van der Waals surface area contributed by atoms with Crippen molar-refractivity contribution in [2.45, 2.75) is 13.0 Å². The lowest BCUT2D eigenvalue weighted by Crippen LogP contribution is -2.58. The number of amides is 2. The van der Waals surface area contributed by atoms with Crippen molar-refractivity contribution in [1.29, 1.82) is 0 Å². The minimum atomic E-state index is -0.658. The van der Waals surface area contributed by atoms with Crippen molar-refractivity contribution in [3.05, 3.63) is 40.6 Å². The van der Waals surface area contributed by atoms with Crippen LogP contribution in [0.2, 0.25) is 0 Å². The van der Waals surface area contributed by atoms with Gasteiger partial charge in [-0.25, -0.2) is 9.48 Å². The van der Waals surface area contributed by atoms with Gasteiger partial charge in [0.15, 0.2) is 0 Å². The monoisotopic (exact) mass is 345 g/mol. The van der Waals surface area contributed by atoms with Crippen LogP contribution in [0.25, 0.3) is 0 Å². The van der Waals surface area contributed by atoms with Crippen molar-refractivity contribution in [2.75, 3.05) is 25.1 Å². The van der Waals surface area contributed by atoms with Gasteiger partial charge in [0.2, 0.25) is 11.7 Å². The van der Waals surface area contributed by atoms with E-state index in [2.05, 4.69) is 10.1 Å². The van der Waals surface area contributed by atoms with Crippen LogP contribution < -0.4 is 15.3 Å². The number of carbonyl (C=O) groups is 2. The summed E-state index contributed by atoms with van der Waals surface area (Å²) in [5.41, 5.74) is 0.273. The standard InChI is InChI=1S/C16H19N5O4/c1-10-14(22)21(11-4-6-12(25-3)7-5-11)9-8-20(10)15(23)13-17-16(24)19(2)18-13/h4-7,10H,8-9H2,1-3H3,(H,17,18,24). The second-order valence-electron chi connectivity index (χ2n) is 5.76. The maximum absolute atomic E-state index is 12.7. The lowest BCUT2D eigenvalue weighted by atomic mass is 10.1. The molecule has 3 rings (SSSR count). The average molecular weight is 345 g/mol. The zero-order chi connectivity index (χ0) is 18.1. The van der Waals surface area contributed by atoms with Crippen LogP contribution in [0.5, 0.6) is 5.75 Å². The van der Waals surface area contributed by atoms with E-state index in [1.807, 2.05) is 0 Å². The van der Waals surface area contributed by atoms with E-state index >= 15 is 0 Å². The van der Waals surface area contributed by atoms with Gasteiger partial charge in [0.05, 0.1) is 7.11 Å². The molecule has 0 bridgehead atoms. The quantitative estimate of drug-likeness (QED) is 0.843. The smallest absolute Gasteiger partial charge is 0.343 e. The van der Waals surface area contributed by atoms with Crippen LogP contribution in [0.4, 0.5) is 5.69 Å². The van der Waals surface area contributed by atoms with Crippen LogP contribution in [-0.4, -0.2) is 57.7 Å². The lowest BCUT2D eigenvalue weighted by Gasteiger charge is -2.38. The molecule has 0 spiro atoms. The molecule has 1 unspecified atom stereocenters. The number of hydrogen-bond acceptors (Lipinski definition) is 5. The van der Waals surface area contributed by atoms with Gasteiger partial charge in [0.1, 0.15) is 11.8 Å². The number of carbonyl (C=O) groups excluding carboxylic acids is 2. The van der Waals surface area contributed by atoms with Gasteiger partial charge in [-0.05, 0) is 31.2 Å². The van der Waals surface area contributed by atoms with E-state index in [4.69, 9.17) is 4.74 Å². The highest BCUT2D eigenvalue weighted by atomic mass is 16.5. The van der Waals surface area contributed by atoms with Crippen molar-refractivity contribution in [1.82, 2.24) is 19.7 Å². The number of methoxy groups -OCH3 is 1. The number of rotatable bonds is 3. The molecule has 1 fully saturated rings. The molecular formula is C16H19N5O4. The summed E-state index contributed by atoms with van der Waals surface area (Å²) in [7, 11) is 3.03. The SMILES string of the molecule is COc1ccc(N2CCN(C(=O)c3nn(C)c(=O)[nH]3)C(C)C2=O)cc1. The van der Waals surface area contributed by atoms with Crippen molar-refractivity contribution >= 4 is 17.5 Å². The molecule has 1 N–H and O–H groups in total. The van der Waals surface area contributed by atoms with Gasteiger partial charge >= 0.3 is 5.69 Å². The van der Waals surface area contributed by atoms with Crippen molar-refractivity contribution in [3.63, 3.8) is 0 Å². The van der Waals surface area contributed by atoms with Crippen LogP contribution >= 0.6 is 0 Å². The van der Waals surface area contributed by atoms with Crippen LogP contribution in [0, 0.1) is 0 Å². The number of piperazine rings is 1. The number of hydrogen-bond donors (Lipinski definition) is 1. The summed E-state index contributed by atoms with van der Waals surface area (Å²) in [6, 6.07) is 6.51. The number of aromatic nitrogens is 3. The highest BCUT2D eigenvalue weighted by Gasteiger charge is 2.36. The molecule has 0 saturated carbocycles. The Morgan fingerprint density at radius 1 is 1.24 bits per heavy atom. The molecule has 1 aliphatic heterocycles. The summed E-state index contributed by atoms with van der Waals surface area (Å²) in [5.74, 6) is -0.0156. The van der Waals surface area contributed by atoms with Gasteiger partial charge in [0, 0.05) is 25.8 Å². The first-order valence-corrected chi connectivity index (χ1v) is 7.82. The van der Waals surface area contributed by atoms with E-state index in [1.54, 1.807) is 43.2 Å². The van der Waals surface area contributed by atoms with Crippen molar-refractivity contribution in [3.8, 4) is 5.75 Å². The van der Waals surface area contributed by atoms with E-state index in [-0.39, 0.29) is 11.7 Å². The molecule has 2 aromatic rings. The summed E-state index contributed by atoms with van der Waals surface area (Å²) in [4.78, 5) is 42.1. The molecule has 2 amide bonds. The van der Waals surface area contributed by atoms with E-state index < -0.39 is 17.6 Å². The minimum Gasteiger partial charge on any atom is -0.497 e. The molecule has 1 aromatic carbocycles. The van der Waals surface area contributed by atoms with Gasteiger partial charge in [-0.2, -0.15) is 0 Å². The number of H-pyrrole nitrogens is 1. The van der Waals surface area contributed by atoms with Gasteiger partial charge in [-0.1, -0.05) is 0 Å². The third-order valence-electron chi connectivity index (χ3n) is 4.27. The molecule has 1 atom stereocenters. The fourth-order valence-electron chi connectivity index (χ4n) is 2.80. The second kappa shape index (κ2) is 6.42. The normalized spacial score (nSPS) is 17.7. The topological polar surface area (TPSA) is 101 Å². The van der Waals surface area contributed by atoms with E-state index in [1.165, 1.54) is 11.9 Å². The average Bonchev–Trinajstić information content (AvgIpc) is 2.96. The fourth-order valence-corrected chi connectivity index (χ4v) is 2.80. The lowest BCUT2D eigenvalue weighted by molar-refractivity contribution is -0.124. The molecule has 132 valence electrons. The fraction of sp³-hybridized carbons (Fsp3) is 0.375. The molecule has 1 aliphatic rings. The first kappa shape index (κ1) is 16.7. The Morgan fingerprint density at radius 2 is 1.92 bits per heavy atom. The largest absolute Gasteiger partial charge is 0.497 e. The Kier molecular flexibility index (Phi) is 4.30. The Labute approximate surface area is 143 Å². The van der Waals surface area contributed by atoms with Crippen LogP contribution in [0.3, 0.4) is 0 Å². The molecule has 0 radical (unpaired) electrons. The molecule has 1 saturated heterocycles. The third-order valence-corrected chi connectivity index (χ3v) is 4.27. The van der Waals surface area contributed by atoms with Crippen LogP contribution in [0.15, 0.2) is 29.1 Å². The van der Waals surface area contributed by atoms with Crippen molar-refractivity contribution < 1.29 is 14.3 Å². The van der Waals surface area contributed by atoms with E-state index in [9.17, 15) is 14.4 Å². The minimum absolute atomic E-state index is 0.0648. The van der Waals surface area contributed by atoms with Crippen molar-refractivity contribution in [2.24, 2.45) is 7.05 Å². The second-order valence-corrected chi connectivity index (χ2v) is 5.76. The highest BCUT2D eigenvalue weighted by molar-refractivity contribution is 6.02. The number of ether oxygens (including phenoxy) is 1. The summed E-state index contributed by atoms with van der Waals surface area (Å²) in [5, 5.41) is 3.86. The molecule has 9 heteroatoms. The maximum atomic E-state index is 12.7. The van der Waals surface area contributed by atoms with E-state index in [0.29, 0.717) is 18.8 Å². The number of benzene rings is 1. The molecule has 1 aromatic heterocycles. The maximum Gasteiger partial charge on any atom is 0.343 e. The van der Waals surface area contributed by atoms with Gasteiger partial charge in [-0.15, -0.1) is 5.10 Å². The van der Waals surface area contributed by atoms with Gasteiger partial charge < -0.3 is 14.5 Å². The van der Waals surface area contributed by atoms with Gasteiger partial charge in [0.25, 0.3) is 5.91 Å². The Morgan fingerprint density at radius 3 is 2.48 bits per heavy atom. The molecule has 25 heavy (non-hydrogen) atoms.